The highest BCUT2D eigenvalue weighted by Crippen LogP contribution is 2.38. The molecule has 0 bridgehead atoms. The molecular formula is C19H23FO2Si. The van der Waals surface area contributed by atoms with Crippen molar-refractivity contribution in [2.45, 2.75) is 38.9 Å². The predicted octanol–water partition coefficient (Wildman–Crippen LogP) is 5.44. The molecule has 0 radical (unpaired) electrons. The molecule has 23 heavy (non-hydrogen) atoms. The molecule has 0 aliphatic heterocycles. The van der Waals surface area contributed by atoms with Crippen molar-refractivity contribution in [1.82, 2.24) is 0 Å². The van der Waals surface area contributed by atoms with E-state index in [1.54, 1.807) is 12.1 Å². The van der Waals surface area contributed by atoms with Crippen LogP contribution in [0.4, 0.5) is 4.39 Å². The topological polar surface area (TPSA) is 26.3 Å². The van der Waals surface area contributed by atoms with Crippen molar-refractivity contribution in [3.63, 3.8) is 0 Å². The number of carbonyl (C=O) groups is 1. The Bertz CT molecular complexity index is 703. The minimum Gasteiger partial charge on any atom is -0.543 e. The van der Waals surface area contributed by atoms with Crippen LogP contribution in [0.1, 0.15) is 36.7 Å². The van der Waals surface area contributed by atoms with E-state index in [-0.39, 0.29) is 10.8 Å². The van der Waals surface area contributed by atoms with Crippen LogP contribution >= 0.6 is 0 Å². The van der Waals surface area contributed by atoms with E-state index in [1.165, 1.54) is 18.2 Å². The number of carbonyl (C=O) groups excluding carboxylic acids is 1. The minimum absolute atomic E-state index is 0.0353. The fraction of sp³-hybridized carbons (Fsp3) is 0.316. The van der Waals surface area contributed by atoms with E-state index in [0.717, 1.165) is 0 Å². The molecule has 0 saturated carbocycles. The van der Waals surface area contributed by atoms with Gasteiger partial charge in [-0.05, 0) is 30.3 Å². The molecule has 0 saturated heterocycles. The Kier molecular flexibility index (Phi) is 4.75. The molecule has 0 amide bonds. The average Bonchev–Trinajstić information content (AvgIpc) is 2.46. The third-order valence-electron chi connectivity index (χ3n) is 4.40. The number of hydrogen-bond acceptors (Lipinski definition) is 2. The first kappa shape index (κ1) is 17.4. The molecule has 122 valence electrons. The lowest BCUT2D eigenvalue weighted by Gasteiger charge is -2.37. The van der Waals surface area contributed by atoms with Gasteiger partial charge in [-0.15, -0.1) is 0 Å². The van der Waals surface area contributed by atoms with E-state index in [0.29, 0.717) is 16.9 Å². The fourth-order valence-corrected chi connectivity index (χ4v) is 2.97. The molecule has 0 fully saturated rings. The molecule has 2 nitrogen and oxygen atoms in total. The summed E-state index contributed by atoms with van der Waals surface area (Å²) < 4.78 is 19.9. The lowest BCUT2D eigenvalue weighted by Crippen LogP contribution is -2.44. The normalized spacial score (nSPS) is 12.1. The first-order valence-corrected chi connectivity index (χ1v) is 10.6. The second kappa shape index (κ2) is 6.28. The largest absolute Gasteiger partial charge is 0.543 e. The highest BCUT2D eigenvalue weighted by molar-refractivity contribution is 6.74. The summed E-state index contributed by atoms with van der Waals surface area (Å²) in [6, 6.07) is 13.1. The van der Waals surface area contributed by atoms with Gasteiger partial charge in [0.25, 0.3) is 8.32 Å². The maximum atomic E-state index is 13.7. The Hall–Kier alpha value is -1.94. The maximum absolute atomic E-state index is 13.7. The molecule has 0 atom stereocenters. The van der Waals surface area contributed by atoms with Crippen molar-refractivity contribution < 1.29 is 13.6 Å². The molecule has 0 aliphatic rings. The summed E-state index contributed by atoms with van der Waals surface area (Å²) in [4.78, 5) is 12.7. The first-order chi connectivity index (χ1) is 10.6. The monoisotopic (exact) mass is 330 g/mol. The Morgan fingerprint density at radius 2 is 1.65 bits per heavy atom. The van der Waals surface area contributed by atoms with Crippen LogP contribution in [0.15, 0.2) is 48.5 Å². The second-order valence-corrected chi connectivity index (χ2v) is 11.9. The molecule has 4 heteroatoms. The van der Waals surface area contributed by atoms with E-state index in [1.807, 2.05) is 18.2 Å². The number of ketones is 1. The standard InChI is InChI=1S/C19H23FO2Si/c1-19(2,3)23(4,5)22-17-13-15(20)11-12-16(17)18(21)14-9-7-6-8-10-14/h6-13H,1-5H3. The van der Waals surface area contributed by atoms with Gasteiger partial charge in [-0.1, -0.05) is 51.1 Å². The Balaban J connectivity index is 2.45. The molecule has 0 unspecified atom stereocenters. The van der Waals surface area contributed by atoms with Gasteiger partial charge in [0.15, 0.2) is 5.78 Å². The van der Waals surface area contributed by atoms with Crippen molar-refractivity contribution in [2.75, 3.05) is 0 Å². The summed E-state index contributed by atoms with van der Waals surface area (Å²) in [5.74, 6) is -0.215. The zero-order valence-electron chi connectivity index (χ0n) is 14.3. The lowest BCUT2D eigenvalue weighted by molar-refractivity contribution is 0.103. The van der Waals surface area contributed by atoms with Gasteiger partial charge in [-0.25, -0.2) is 4.39 Å². The fourth-order valence-electron chi connectivity index (χ4n) is 1.94. The van der Waals surface area contributed by atoms with Crippen molar-refractivity contribution >= 4 is 14.1 Å². The van der Waals surface area contributed by atoms with Crippen molar-refractivity contribution in [3.8, 4) is 5.75 Å². The van der Waals surface area contributed by atoms with Crippen LogP contribution in [-0.2, 0) is 0 Å². The smallest absolute Gasteiger partial charge is 0.250 e. The molecule has 0 N–H and O–H groups in total. The Labute approximate surface area is 138 Å². The molecule has 2 rings (SSSR count). The highest BCUT2D eigenvalue weighted by atomic mass is 28.4. The molecule has 0 heterocycles. The number of benzene rings is 2. The highest BCUT2D eigenvalue weighted by Gasteiger charge is 2.39. The van der Waals surface area contributed by atoms with Gasteiger partial charge in [0, 0.05) is 11.6 Å². The van der Waals surface area contributed by atoms with Gasteiger partial charge in [0.1, 0.15) is 11.6 Å². The van der Waals surface area contributed by atoms with Crippen LogP contribution in [0.5, 0.6) is 5.75 Å². The van der Waals surface area contributed by atoms with Gasteiger partial charge in [0.2, 0.25) is 0 Å². The number of rotatable bonds is 4. The van der Waals surface area contributed by atoms with E-state index >= 15 is 0 Å². The van der Waals surface area contributed by atoms with Gasteiger partial charge in [0.05, 0.1) is 5.56 Å². The number of halogens is 1. The third kappa shape index (κ3) is 3.88. The maximum Gasteiger partial charge on any atom is 0.250 e. The molecular weight excluding hydrogens is 307 g/mol. The number of hydrogen-bond donors (Lipinski definition) is 0. The minimum atomic E-state index is -2.17. The molecule has 0 aliphatic carbocycles. The van der Waals surface area contributed by atoms with Crippen LogP contribution in [0.3, 0.4) is 0 Å². The Morgan fingerprint density at radius 1 is 1.04 bits per heavy atom. The summed E-state index contributed by atoms with van der Waals surface area (Å²) in [7, 11) is -2.17. The van der Waals surface area contributed by atoms with E-state index < -0.39 is 14.1 Å². The Morgan fingerprint density at radius 3 is 2.22 bits per heavy atom. The zero-order valence-corrected chi connectivity index (χ0v) is 15.3. The molecule has 0 spiro atoms. The average molecular weight is 330 g/mol. The zero-order chi connectivity index (χ0) is 17.3. The van der Waals surface area contributed by atoms with Gasteiger partial charge >= 0.3 is 0 Å². The van der Waals surface area contributed by atoms with Gasteiger partial charge in [-0.2, -0.15) is 0 Å². The van der Waals surface area contributed by atoms with Crippen molar-refractivity contribution in [3.05, 3.63) is 65.5 Å². The van der Waals surface area contributed by atoms with Crippen molar-refractivity contribution in [2.24, 2.45) is 0 Å². The van der Waals surface area contributed by atoms with Crippen molar-refractivity contribution in [1.29, 1.82) is 0 Å². The summed E-state index contributed by atoms with van der Waals surface area (Å²) in [6.07, 6.45) is 0. The molecule has 0 aromatic heterocycles. The van der Waals surface area contributed by atoms with E-state index in [4.69, 9.17) is 4.43 Å². The summed E-state index contributed by atoms with van der Waals surface area (Å²) in [6.45, 7) is 10.5. The lowest BCUT2D eigenvalue weighted by atomic mass is 10.0. The predicted molar refractivity (Wildman–Crippen MR) is 94.1 cm³/mol. The summed E-state index contributed by atoms with van der Waals surface area (Å²) >= 11 is 0. The van der Waals surface area contributed by atoms with Crippen LogP contribution in [-0.4, -0.2) is 14.1 Å². The third-order valence-corrected chi connectivity index (χ3v) is 8.74. The van der Waals surface area contributed by atoms with Crippen LogP contribution < -0.4 is 4.43 Å². The van der Waals surface area contributed by atoms with E-state index in [2.05, 4.69) is 33.9 Å². The first-order valence-electron chi connectivity index (χ1n) is 7.70. The quantitative estimate of drug-likeness (QED) is 0.551. The van der Waals surface area contributed by atoms with Crippen LogP contribution in [0, 0.1) is 5.82 Å². The summed E-state index contributed by atoms with van der Waals surface area (Å²) in [5.41, 5.74) is 0.974. The molecule has 2 aromatic rings. The second-order valence-electron chi connectivity index (χ2n) is 7.20. The van der Waals surface area contributed by atoms with Crippen LogP contribution in [0.25, 0.3) is 0 Å². The van der Waals surface area contributed by atoms with Gasteiger partial charge in [-0.3, -0.25) is 4.79 Å². The molecule has 2 aromatic carbocycles. The van der Waals surface area contributed by atoms with Gasteiger partial charge < -0.3 is 4.43 Å². The SMILES string of the molecule is CC(C)(C)[Si](C)(C)Oc1cc(F)ccc1C(=O)c1ccccc1. The summed E-state index contributed by atoms with van der Waals surface area (Å²) in [5, 5.41) is -0.0353. The van der Waals surface area contributed by atoms with Crippen LogP contribution in [0.2, 0.25) is 18.1 Å². The van der Waals surface area contributed by atoms with E-state index in [9.17, 15) is 9.18 Å².